The van der Waals surface area contributed by atoms with Crippen LogP contribution in [0.3, 0.4) is 0 Å². The molecule has 0 fully saturated rings. The van der Waals surface area contributed by atoms with E-state index in [4.69, 9.17) is 4.74 Å². The Morgan fingerprint density at radius 3 is 2.86 bits per heavy atom. The number of esters is 1. The van der Waals surface area contributed by atoms with Gasteiger partial charge in [-0.1, -0.05) is 6.07 Å². The molecule has 1 N–H and O–H groups in total. The van der Waals surface area contributed by atoms with Crippen LogP contribution in [0.1, 0.15) is 32.4 Å². The summed E-state index contributed by atoms with van der Waals surface area (Å²) >= 11 is 0. The molecule has 0 unspecified atom stereocenters. The number of rotatable bonds is 2. The van der Waals surface area contributed by atoms with Crippen molar-refractivity contribution in [3.8, 4) is 11.4 Å². The third-order valence-electron chi connectivity index (χ3n) is 3.24. The number of ether oxygens (including phenoxy) is 2. The number of aromatic nitrogens is 2. The first-order valence-corrected chi connectivity index (χ1v) is 6.20. The third kappa shape index (κ3) is 1.94. The summed E-state index contributed by atoms with van der Waals surface area (Å²) in [5.41, 5.74) is 1.09. The van der Waals surface area contributed by atoms with Gasteiger partial charge in [0.15, 0.2) is 17.2 Å². The van der Waals surface area contributed by atoms with Crippen molar-refractivity contribution in [2.45, 2.75) is 13.5 Å². The van der Waals surface area contributed by atoms with Crippen molar-refractivity contribution in [3.63, 3.8) is 0 Å². The van der Waals surface area contributed by atoms with E-state index < -0.39 is 11.9 Å². The maximum Gasteiger partial charge on any atom is 0.359 e. The van der Waals surface area contributed by atoms with Crippen molar-refractivity contribution >= 4 is 11.9 Å². The fourth-order valence-corrected chi connectivity index (χ4v) is 2.32. The Balaban J connectivity index is 2.29. The van der Waals surface area contributed by atoms with Gasteiger partial charge in [-0.05, 0) is 24.6 Å². The second-order valence-corrected chi connectivity index (χ2v) is 4.62. The van der Waals surface area contributed by atoms with Crippen LogP contribution >= 0.6 is 0 Å². The van der Waals surface area contributed by atoms with Gasteiger partial charge in [0.05, 0.1) is 12.8 Å². The van der Waals surface area contributed by atoms with E-state index in [9.17, 15) is 14.7 Å². The number of hydrogen-bond acceptors (Lipinski definition) is 5. The predicted molar refractivity (Wildman–Crippen MR) is 70.9 cm³/mol. The van der Waals surface area contributed by atoms with E-state index in [1.807, 2.05) is 19.1 Å². The topological polar surface area (TPSA) is 90.7 Å². The lowest BCUT2D eigenvalue weighted by atomic mass is 10.2. The number of carboxylic acids is 1. The molecule has 0 atom stereocenters. The van der Waals surface area contributed by atoms with Crippen LogP contribution in [0.25, 0.3) is 5.69 Å². The zero-order valence-electron chi connectivity index (χ0n) is 11.4. The van der Waals surface area contributed by atoms with Gasteiger partial charge < -0.3 is 14.6 Å². The van der Waals surface area contributed by atoms with E-state index >= 15 is 0 Å². The van der Waals surface area contributed by atoms with Crippen molar-refractivity contribution in [3.05, 3.63) is 41.0 Å². The molecule has 0 saturated carbocycles. The van der Waals surface area contributed by atoms with Crippen molar-refractivity contribution in [2.24, 2.45) is 0 Å². The number of carbonyl (C=O) groups is 2. The van der Waals surface area contributed by atoms with Crippen LogP contribution in [0.5, 0.6) is 5.75 Å². The first-order chi connectivity index (χ1) is 10.0. The van der Waals surface area contributed by atoms with E-state index in [0.717, 1.165) is 5.56 Å². The number of methoxy groups -OCH3 is 1. The van der Waals surface area contributed by atoms with Gasteiger partial charge in [-0.25, -0.2) is 14.6 Å². The van der Waals surface area contributed by atoms with Gasteiger partial charge in [0, 0.05) is 0 Å². The van der Waals surface area contributed by atoms with Crippen LogP contribution in [0.4, 0.5) is 0 Å². The summed E-state index contributed by atoms with van der Waals surface area (Å²) in [6, 6.07) is 5.38. The highest BCUT2D eigenvalue weighted by Crippen LogP contribution is 2.33. The Kier molecular flexibility index (Phi) is 2.90. The highest BCUT2D eigenvalue weighted by Gasteiger charge is 2.32. The van der Waals surface area contributed by atoms with Crippen LogP contribution in [-0.2, 0) is 11.3 Å². The fraction of sp³-hybridized carbons (Fsp3) is 0.214. The zero-order valence-corrected chi connectivity index (χ0v) is 11.4. The molecule has 7 heteroatoms. The Labute approximate surface area is 119 Å². The van der Waals surface area contributed by atoms with Crippen LogP contribution in [0.2, 0.25) is 0 Å². The Hall–Kier alpha value is -2.83. The highest BCUT2D eigenvalue weighted by atomic mass is 16.5. The van der Waals surface area contributed by atoms with Crippen LogP contribution in [0.15, 0.2) is 18.2 Å². The van der Waals surface area contributed by atoms with E-state index in [1.54, 1.807) is 6.07 Å². The molecule has 7 nitrogen and oxygen atoms in total. The lowest BCUT2D eigenvalue weighted by Crippen LogP contribution is -2.18. The van der Waals surface area contributed by atoms with Crippen LogP contribution < -0.4 is 4.74 Å². The molecule has 1 aliphatic rings. The van der Waals surface area contributed by atoms with Crippen molar-refractivity contribution < 1.29 is 24.2 Å². The van der Waals surface area contributed by atoms with Crippen LogP contribution in [0, 0.1) is 6.92 Å². The summed E-state index contributed by atoms with van der Waals surface area (Å²) in [6.07, 6.45) is 0. The molecule has 2 heterocycles. The first-order valence-electron chi connectivity index (χ1n) is 6.20. The molecule has 3 rings (SSSR count). The predicted octanol–water partition coefficient (Wildman–Crippen LogP) is 1.56. The van der Waals surface area contributed by atoms with E-state index in [2.05, 4.69) is 9.72 Å². The molecule has 0 saturated heterocycles. The number of fused-ring (bicyclic) bond motifs is 3. The van der Waals surface area contributed by atoms with Gasteiger partial charge in [-0.2, -0.15) is 0 Å². The Morgan fingerprint density at radius 2 is 2.19 bits per heavy atom. The molecule has 21 heavy (non-hydrogen) atoms. The lowest BCUT2D eigenvalue weighted by molar-refractivity contribution is 0.0575. The number of hydrogen-bond donors (Lipinski definition) is 1. The minimum Gasteiger partial charge on any atom is -0.483 e. The summed E-state index contributed by atoms with van der Waals surface area (Å²) < 4.78 is 11.6. The zero-order chi connectivity index (χ0) is 15.1. The molecule has 0 radical (unpaired) electrons. The maximum absolute atomic E-state index is 11.7. The molecule has 1 aromatic heterocycles. The standard InChI is InChI=1S/C14H12N2O5/c1-7-3-4-8-9(5-7)21-6-10-15-11(14(19)20-2)12(13(17)18)16(8)10/h3-5H,6H2,1-2H3,(H,17,18). The minimum absolute atomic E-state index is 0.0910. The molecule has 0 amide bonds. The number of aryl methyl sites for hydroxylation is 1. The van der Waals surface area contributed by atoms with Gasteiger partial charge in [0.25, 0.3) is 0 Å². The van der Waals surface area contributed by atoms with Gasteiger partial charge in [0.2, 0.25) is 0 Å². The molecule has 1 aromatic carbocycles. The highest BCUT2D eigenvalue weighted by molar-refractivity contribution is 6.00. The fourth-order valence-electron chi connectivity index (χ4n) is 2.32. The smallest absolute Gasteiger partial charge is 0.359 e. The minimum atomic E-state index is -1.25. The Morgan fingerprint density at radius 1 is 1.43 bits per heavy atom. The number of carboxylic acid groups (broad SMARTS) is 1. The van der Waals surface area contributed by atoms with E-state index in [0.29, 0.717) is 17.3 Å². The second kappa shape index (κ2) is 4.62. The summed E-state index contributed by atoms with van der Waals surface area (Å²) in [7, 11) is 1.18. The molecule has 1 aliphatic heterocycles. The summed E-state index contributed by atoms with van der Waals surface area (Å²) in [4.78, 5) is 27.3. The number of imidazole rings is 1. The monoisotopic (exact) mass is 288 g/mol. The number of benzene rings is 1. The van der Waals surface area contributed by atoms with Gasteiger partial charge >= 0.3 is 11.9 Å². The van der Waals surface area contributed by atoms with Crippen molar-refractivity contribution in [1.29, 1.82) is 0 Å². The van der Waals surface area contributed by atoms with E-state index in [1.165, 1.54) is 11.7 Å². The molecular weight excluding hydrogens is 276 g/mol. The molecule has 0 bridgehead atoms. The molecular formula is C14H12N2O5. The lowest BCUT2D eigenvalue weighted by Gasteiger charge is -2.20. The summed E-state index contributed by atoms with van der Waals surface area (Å²) in [6.45, 7) is 2.00. The average Bonchev–Trinajstić information content (AvgIpc) is 2.85. The van der Waals surface area contributed by atoms with E-state index in [-0.39, 0.29) is 18.0 Å². The van der Waals surface area contributed by atoms with Gasteiger partial charge in [0.1, 0.15) is 12.4 Å². The largest absolute Gasteiger partial charge is 0.483 e. The second-order valence-electron chi connectivity index (χ2n) is 4.62. The quantitative estimate of drug-likeness (QED) is 0.843. The maximum atomic E-state index is 11.7. The van der Waals surface area contributed by atoms with Crippen molar-refractivity contribution in [1.82, 2.24) is 9.55 Å². The normalized spacial score (nSPS) is 12.1. The molecule has 0 aliphatic carbocycles. The SMILES string of the molecule is COC(=O)c1nc2n(c1C(=O)O)-c1ccc(C)cc1OC2. The molecule has 0 spiro atoms. The number of carbonyl (C=O) groups excluding carboxylic acids is 1. The number of aromatic carboxylic acids is 1. The van der Waals surface area contributed by atoms with Crippen LogP contribution in [-0.4, -0.2) is 33.7 Å². The summed E-state index contributed by atoms with van der Waals surface area (Å²) in [5.74, 6) is -1.13. The Bertz CT molecular complexity index is 763. The first kappa shape index (κ1) is 13.2. The molecule has 108 valence electrons. The van der Waals surface area contributed by atoms with Gasteiger partial charge in [-0.15, -0.1) is 0 Å². The average molecular weight is 288 g/mol. The summed E-state index contributed by atoms with van der Waals surface area (Å²) in [5, 5.41) is 9.43. The van der Waals surface area contributed by atoms with Gasteiger partial charge in [-0.3, -0.25) is 4.57 Å². The number of nitrogens with zero attached hydrogens (tertiary/aromatic N) is 2. The third-order valence-corrected chi connectivity index (χ3v) is 3.24. The molecule has 2 aromatic rings. The van der Waals surface area contributed by atoms with Crippen molar-refractivity contribution in [2.75, 3.05) is 7.11 Å².